The maximum atomic E-state index is 12.6. The third kappa shape index (κ3) is 3.57. The molecule has 0 aliphatic carbocycles. The summed E-state index contributed by atoms with van der Waals surface area (Å²) in [5, 5.41) is 1.19. The minimum absolute atomic E-state index is 0.0573. The molecule has 0 N–H and O–H groups in total. The third-order valence-corrected chi connectivity index (χ3v) is 5.12. The second kappa shape index (κ2) is 7.60. The number of likely N-dealkylation sites (tertiary alicyclic amines) is 1. The molecule has 1 aromatic carbocycles. The van der Waals surface area contributed by atoms with Gasteiger partial charge in [-0.1, -0.05) is 24.3 Å². The number of rotatable bonds is 3. The monoisotopic (exact) mass is 346 g/mol. The Morgan fingerprint density at radius 2 is 1.77 bits per heavy atom. The minimum atomic E-state index is -0.0573. The molecule has 1 aliphatic rings. The van der Waals surface area contributed by atoms with Crippen molar-refractivity contribution < 1.29 is 4.79 Å². The van der Waals surface area contributed by atoms with Gasteiger partial charge in [0.2, 0.25) is 5.82 Å². The largest absolute Gasteiger partial charge is 0.336 e. The van der Waals surface area contributed by atoms with E-state index in [1.54, 1.807) is 18.5 Å². The number of benzene rings is 1. The van der Waals surface area contributed by atoms with Gasteiger partial charge in [0.15, 0.2) is 0 Å². The number of pyridine rings is 1. The van der Waals surface area contributed by atoms with Crippen LogP contribution in [0.15, 0.2) is 55.0 Å². The van der Waals surface area contributed by atoms with Gasteiger partial charge < -0.3 is 4.90 Å². The lowest BCUT2D eigenvalue weighted by Crippen LogP contribution is -2.33. The first kappa shape index (κ1) is 16.6. The van der Waals surface area contributed by atoms with E-state index in [2.05, 4.69) is 39.2 Å². The highest BCUT2D eigenvalue weighted by atomic mass is 16.2. The second-order valence-electron chi connectivity index (χ2n) is 6.86. The standard InChI is InChI=1S/C21H22N4O/c26-21(20-23-11-4-12-24-20)25-13-3-5-16(9-14-25)15-18-7-1-6-17-8-2-10-22-19(17)18/h1-2,4,6-8,10-12,16H,3,5,9,13-15H2/t16-/m1/s1. The van der Waals surface area contributed by atoms with Gasteiger partial charge in [-0.25, -0.2) is 9.97 Å². The van der Waals surface area contributed by atoms with Crippen molar-refractivity contribution >= 4 is 16.8 Å². The summed E-state index contributed by atoms with van der Waals surface area (Å²) < 4.78 is 0. The summed E-state index contributed by atoms with van der Waals surface area (Å²) in [5.41, 5.74) is 2.41. The molecule has 1 saturated heterocycles. The molecule has 0 spiro atoms. The van der Waals surface area contributed by atoms with Crippen LogP contribution < -0.4 is 0 Å². The SMILES string of the molecule is O=C(c1ncccn1)N1CCC[C@@H](Cc2cccc3cccnc23)CC1. The fraction of sp³-hybridized carbons (Fsp3) is 0.333. The van der Waals surface area contributed by atoms with Crippen LogP contribution in [0, 0.1) is 5.92 Å². The van der Waals surface area contributed by atoms with Crippen molar-refractivity contribution in [3.63, 3.8) is 0 Å². The van der Waals surface area contributed by atoms with E-state index in [4.69, 9.17) is 0 Å². The predicted molar refractivity (Wildman–Crippen MR) is 101 cm³/mol. The number of fused-ring (bicyclic) bond motifs is 1. The molecule has 5 nitrogen and oxygen atoms in total. The van der Waals surface area contributed by atoms with Crippen molar-refractivity contribution in [1.29, 1.82) is 0 Å². The van der Waals surface area contributed by atoms with Crippen molar-refractivity contribution in [3.05, 3.63) is 66.4 Å². The molecule has 1 amide bonds. The average molecular weight is 346 g/mol. The Hall–Kier alpha value is -2.82. The van der Waals surface area contributed by atoms with E-state index in [0.29, 0.717) is 11.7 Å². The minimum Gasteiger partial charge on any atom is -0.336 e. The zero-order valence-corrected chi connectivity index (χ0v) is 14.7. The van der Waals surface area contributed by atoms with Crippen LogP contribution in [0.25, 0.3) is 10.9 Å². The van der Waals surface area contributed by atoms with Gasteiger partial charge in [0.25, 0.3) is 5.91 Å². The Morgan fingerprint density at radius 1 is 0.962 bits per heavy atom. The van der Waals surface area contributed by atoms with Crippen LogP contribution >= 0.6 is 0 Å². The maximum absolute atomic E-state index is 12.6. The van der Waals surface area contributed by atoms with E-state index >= 15 is 0 Å². The lowest BCUT2D eigenvalue weighted by molar-refractivity contribution is 0.0747. The highest BCUT2D eigenvalue weighted by Crippen LogP contribution is 2.25. The Kier molecular flexibility index (Phi) is 4.86. The number of nitrogens with zero attached hydrogens (tertiary/aromatic N) is 4. The first-order valence-corrected chi connectivity index (χ1v) is 9.20. The number of amides is 1. The number of hydrogen-bond donors (Lipinski definition) is 0. The maximum Gasteiger partial charge on any atom is 0.291 e. The first-order valence-electron chi connectivity index (χ1n) is 9.20. The fourth-order valence-electron chi connectivity index (χ4n) is 3.77. The zero-order chi connectivity index (χ0) is 17.8. The van der Waals surface area contributed by atoms with Gasteiger partial charge in [0, 0.05) is 37.1 Å². The number of para-hydroxylation sites is 1. The Labute approximate surface area is 153 Å². The molecule has 5 heteroatoms. The van der Waals surface area contributed by atoms with Crippen LogP contribution in [0.3, 0.4) is 0 Å². The molecule has 1 atom stereocenters. The van der Waals surface area contributed by atoms with Gasteiger partial charge in [0.1, 0.15) is 0 Å². The third-order valence-electron chi connectivity index (χ3n) is 5.12. The van der Waals surface area contributed by atoms with E-state index in [1.165, 1.54) is 10.9 Å². The van der Waals surface area contributed by atoms with Crippen LogP contribution in [0.4, 0.5) is 0 Å². The summed E-state index contributed by atoms with van der Waals surface area (Å²) >= 11 is 0. The van der Waals surface area contributed by atoms with E-state index in [9.17, 15) is 4.79 Å². The normalized spacial score (nSPS) is 17.8. The molecule has 3 heterocycles. The number of hydrogen-bond acceptors (Lipinski definition) is 4. The molecule has 0 saturated carbocycles. The predicted octanol–water partition coefficient (Wildman–Crippen LogP) is 3.51. The highest BCUT2D eigenvalue weighted by molar-refractivity contribution is 5.90. The van der Waals surface area contributed by atoms with Crippen LogP contribution in [0.2, 0.25) is 0 Å². The van der Waals surface area contributed by atoms with E-state index < -0.39 is 0 Å². The fourth-order valence-corrected chi connectivity index (χ4v) is 3.77. The Balaban J connectivity index is 1.45. The molecule has 1 aliphatic heterocycles. The molecule has 0 unspecified atom stereocenters. The molecule has 0 radical (unpaired) electrons. The number of aromatic nitrogens is 3. The molecule has 1 fully saturated rings. The van der Waals surface area contributed by atoms with Gasteiger partial charge >= 0.3 is 0 Å². The number of carbonyl (C=O) groups is 1. The summed E-state index contributed by atoms with van der Waals surface area (Å²) in [7, 11) is 0. The smallest absolute Gasteiger partial charge is 0.291 e. The highest BCUT2D eigenvalue weighted by Gasteiger charge is 2.23. The lowest BCUT2D eigenvalue weighted by atomic mass is 9.91. The molecule has 4 rings (SSSR count). The summed E-state index contributed by atoms with van der Waals surface area (Å²) in [6, 6.07) is 12.2. The molecule has 0 bridgehead atoms. The Bertz CT molecular complexity index is 891. The molecule has 26 heavy (non-hydrogen) atoms. The average Bonchev–Trinajstić information content (AvgIpc) is 2.94. The van der Waals surface area contributed by atoms with E-state index in [1.807, 2.05) is 17.2 Å². The van der Waals surface area contributed by atoms with Gasteiger partial charge in [-0.15, -0.1) is 0 Å². The molecule has 2 aromatic heterocycles. The van der Waals surface area contributed by atoms with Crippen LogP contribution in [-0.2, 0) is 6.42 Å². The van der Waals surface area contributed by atoms with Crippen LogP contribution in [0.5, 0.6) is 0 Å². The van der Waals surface area contributed by atoms with Crippen LogP contribution in [-0.4, -0.2) is 38.8 Å². The van der Waals surface area contributed by atoms with E-state index in [-0.39, 0.29) is 5.91 Å². The van der Waals surface area contributed by atoms with Crippen molar-refractivity contribution in [1.82, 2.24) is 19.9 Å². The van der Waals surface area contributed by atoms with Crippen molar-refractivity contribution in [2.75, 3.05) is 13.1 Å². The number of carbonyl (C=O) groups excluding carboxylic acids is 1. The van der Waals surface area contributed by atoms with Crippen molar-refractivity contribution in [2.24, 2.45) is 5.92 Å². The summed E-state index contributed by atoms with van der Waals surface area (Å²) in [5.74, 6) is 0.805. The van der Waals surface area contributed by atoms with Crippen LogP contribution in [0.1, 0.15) is 35.4 Å². The van der Waals surface area contributed by atoms with Gasteiger partial charge in [0.05, 0.1) is 5.52 Å². The topological polar surface area (TPSA) is 59.0 Å². The van der Waals surface area contributed by atoms with E-state index in [0.717, 1.165) is 44.3 Å². The lowest BCUT2D eigenvalue weighted by Gasteiger charge is -2.19. The van der Waals surface area contributed by atoms with Crippen molar-refractivity contribution in [2.45, 2.75) is 25.7 Å². The summed E-state index contributed by atoms with van der Waals surface area (Å²) in [4.78, 5) is 27.2. The molecule has 132 valence electrons. The molecular formula is C21H22N4O. The van der Waals surface area contributed by atoms with Crippen molar-refractivity contribution in [3.8, 4) is 0 Å². The molecular weight excluding hydrogens is 324 g/mol. The van der Waals surface area contributed by atoms with Gasteiger partial charge in [-0.3, -0.25) is 9.78 Å². The Morgan fingerprint density at radius 3 is 2.65 bits per heavy atom. The summed E-state index contributed by atoms with van der Waals surface area (Å²) in [6.45, 7) is 1.54. The van der Waals surface area contributed by atoms with Gasteiger partial charge in [-0.2, -0.15) is 0 Å². The zero-order valence-electron chi connectivity index (χ0n) is 14.7. The summed E-state index contributed by atoms with van der Waals surface area (Å²) in [6.07, 6.45) is 9.26. The second-order valence-corrected chi connectivity index (χ2v) is 6.86. The first-order chi connectivity index (χ1) is 12.8. The quantitative estimate of drug-likeness (QED) is 0.728. The molecule has 3 aromatic rings. The van der Waals surface area contributed by atoms with Gasteiger partial charge in [-0.05, 0) is 49.3 Å².